The van der Waals surface area contributed by atoms with Crippen LogP contribution >= 0.6 is 0 Å². The normalized spacial score (nSPS) is 14.3. The quantitative estimate of drug-likeness (QED) is 0.885. The topological polar surface area (TPSA) is 58.3 Å². The van der Waals surface area contributed by atoms with E-state index in [-0.39, 0.29) is 5.75 Å². The van der Waals surface area contributed by atoms with Gasteiger partial charge in [-0.25, -0.2) is 0 Å². The maximum atomic E-state index is 10.6. The average Bonchev–Trinajstić information content (AvgIpc) is 2.70. The van der Waals surface area contributed by atoms with Crippen molar-refractivity contribution in [1.29, 1.82) is 0 Å². The Hall–Kier alpha value is -1.81. The maximum absolute atomic E-state index is 10.6. The third kappa shape index (κ3) is 2.96. The molecule has 2 rings (SSSR count). The zero-order valence-corrected chi connectivity index (χ0v) is 11.6. The van der Waals surface area contributed by atoms with Crippen LogP contribution in [0.4, 0.5) is 0 Å². The van der Waals surface area contributed by atoms with Crippen LogP contribution in [-0.2, 0) is 25.5 Å². The molecule has 0 bridgehead atoms. The lowest BCUT2D eigenvalue weighted by Gasteiger charge is -2.23. The SMILES string of the molecule is CCc1cc(CC(C)(O)c2ccc(O)cc2)n(C)n1. The van der Waals surface area contributed by atoms with Crippen LogP contribution in [0.25, 0.3) is 0 Å². The van der Waals surface area contributed by atoms with E-state index in [1.54, 1.807) is 31.2 Å². The van der Waals surface area contributed by atoms with Crippen molar-refractivity contribution in [3.05, 3.63) is 47.3 Å². The van der Waals surface area contributed by atoms with Crippen LogP contribution in [0.2, 0.25) is 0 Å². The molecule has 0 spiro atoms. The Morgan fingerprint density at radius 3 is 2.42 bits per heavy atom. The second-order valence-electron chi connectivity index (χ2n) is 5.10. The summed E-state index contributed by atoms with van der Waals surface area (Å²) in [5, 5.41) is 24.3. The molecule has 4 heteroatoms. The molecule has 0 aliphatic carbocycles. The highest BCUT2D eigenvalue weighted by atomic mass is 16.3. The largest absolute Gasteiger partial charge is 0.508 e. The summed E-state index contributed by atoms with van der Waals surface area (Å²) in [5.74, 6) is 0.202. The second-order valence-corrected chi connectivity index (χ2v) is 5.10. The minimum absolute atomic E-state index is 0.202. The minimum atomic E-state index is -0.980. The molecule has 2 aromatic rings. The summed E-state index contributed by atoms with van der Waals surface area (Å²) in [6, 6.07) is 8.68. The molecule has 1 unspecified atom stereocenters. The average molecular weight is 260 g/mol. The number of rotatable bonds is 4. The standard InChI is InChI=1S/C15H20N2O2/c1-4-12-9-13(17(3)16-12)10-15(2,19)11-5-7-14(18)8-6-11/h5-9,18-19H,4,10H2,1-3H3. The lowest BCUT2D eigenvalue weighted by Crippen LogP contribution is -2.25. The van der Waals surface area contributed by atoms with Crippen molar-refractivity contribution >= 4 is 0 Å². The van der Waals surface area contributed by atoms with E-state index in [4.69, 9.17) is 0 Å². The number of hydrogen-bond donors (Lipinski definition) is 2. The van der Waals surface area contributed by atoms with E-state index in [9.17, 15) is 10.2 Å². The van der Waals surface area contributed by atoms with Crippen LogP contribution in [-0.4, -0.2) is 20.0 Å². The van der Waals surface area contributed by atoms with Gasteiger partial charge in [0.1, 0.15) is 5.75 Å². The summed E-state index contributed by atoms with van der Waals surface area (Å²) in [6.07, 6.45) is 1.37. The van der Waals surface area contributed by atoms with Crippen LogP contribution in [0.1, 0.15) is 30.8 Å². The molecule has 4 nitrogen and oxygen atoms in total. The van der Waals surface area contributed by atoms with Crippen molar-refractivity contribution in [3.63, 3.8) is 0 Å². The second kappa shape index (κ2) is 5.05. The molecule has 0 saturated carbocycles. The zero-order chi connectivity index (χ0) is 14.0. The molecule has 2 N–H and O–H groups in total. The van der Waals surface area contributed by atoms with Crippen LogP contribution < -0.4 is 0 Å². The fourth-order valence-electron chi connectivity index (χ4n) is 2.18. The number of phenolic OH excluding ortho intramolecular Hbond substituents is 1. The fraction of sp³-hybridized carbons (Fsp3) is 0.400. The number of benzene rings is 1. The van der Waals surface area contributed by atoms with Crippen LogP contribution in [0.5, 0.6) is 5.75 Å². The minimum Gasteiger partial charge on any atom is -0.508 e. The molecule has 0 aliphatic rings. The first-order chi connectivity index (χ1) is 8.92. The van der Waals surface area contributed by atoms with E-state index in [0.717, 1.165) is 23.4 Å². The van der Waals surface area contributed by atoms with E-state index >= 15 is 0 Å². The van der Waals surface area contributed by atoms with Crippen LogP contribution in [0.15, 0.2) is 30.3 Å². The number of aryl methyl sites for hydroxylation is 2. The first-order valence-corrected chi connectivity index (χ1v) is 6.46. The molecule has 1 aromatic heterocycles. The van der Waals surface area contributed by atoms with Crippen LogP contribution in [0, 0.1) is 0 Å². The van der Waals surface area contributed by atoms with Gasteiger partial charge in [-0.05, 0) is 37.1 Å². The third-order valence-corrected chi connectivity index (χ3v) is 3.40. The molecule has 19 heavy (non-hydrogen) atoms. The summed E-state index contributed by atoms with van der Waals surface area (Å²) in [7, 11) is 1.89. The molecule has 1 heterocycles. The van der Waals surface area contributed by atoms with Gasteiger partial charge in [-0.15, -0.1) is 0 Å². The van der Waals surface area contributed by atoms with Gasteiger partial charge >= 0.3 is 0 Å². The van der Waals surface area contributed by atoms with Gasteiger partial charge in [0.15, 0.2) is 0 Å². The summed E-state index contributed by atoms with van der Waals surface area (Å²) < 4.78 is 1.81. The highest BCUT2D eigenvalue weighted by molar-refractivity contribution is 5.30. The van der Waals surface area contributed by atoms with Crippen molar-refractivity contribution in [1.82, 2.24) is 9.78 Å². The monoisotopic (exact) mass is 260 g/mol. The molecule has 1 atom stereocenters. The molecule has 0 aliphatic heterocycles. The number of phenols is 1. The molecule has 1 aromatic carbocycles. The van der Waals surface area contributed by atoms with Crippen molar-refractivity contribution in [3.8, 4) is 5.75 Å². The molecule has 102 valence electrons. The van der Waals surface area contributed by atoms with E-state index in [1.807, 2.05) is 17.8 Å². The Kier molecular flexibility index (Phi) is 3.62. The zero-order valence-electron chi connectivity index (χ0n) is 11.6. The van der Waals surface area contributed by atoms with Crippen LogP contribution in [0.3, 0.4) is 0 Å². The van der Waals surface area contributed by atoms with Crippen molar-refractivity contribution in [2.45, 2.75) is 32.3 Å². The summed E-state index contributed by atoms with van der Waals surface area (Å²) >= 11 is 0. The lowest BCUT2D eigenvalue weighted by molar-refractivity contribution is 0.0556. The predicted octanol–water partition coefficient (Wildman–Crippen LogP) is 2.14. The van der Waals surface area contributed by atoms with Gasteiger partial charge in [0.05, 0.1) is 11.3 Å². The molecule has 0 amide bonds. The van der Waals surface area contributed by atoms with Crippen molar-refractivity contribution < 1.29 is 10.2 Å². The Balaban J connectivity index is 2.24. The highest BCUT2D eigenvalue weighted by Gasteiger charge is 2.25. The van der Waals surface area contributed by atoms with Gasteiger partial charge in [0, 0.05) is 19.2 Å². The Morgan fingerprint density at radius 1 is 1.26 bits per heavy atom. The van der Waals surface area contributed by atoms with Gasteiger partial charge in [0.2, 0.25) is 0 Å². The van der Waals surface area contributed by atoms with E-state index in [0.29, 0.717) is 6.42 Å². The first kappa shape index (κ1) is 13.6. The van der Waals surface area contributed by atoms with Gasteiger partial charge in [0.25, 0.3) is 0 Å². The van der Waals surface area contributed by atoms with E-state index in [1.165, 1.54) is 0 Å². The third-order valence-electron chi connectivity index (χ3n) is 3.40. The number of nitrogens with zero attached hydrogens (tertiary/aromatic N) is 2. The summed E-state index contributed by atoms with van der Waals surface area (Å²) in [5.41, 5.74) is 1.82. The Bertz CT molecular complexity index is 556. The lowest BCUT2D eigenvalue weighted by atomic mass is 9.91. The summed E-state index contributed by atoms with van der Waals surface area (Å²) in [6.45, 7) is 3.84. The van der Waals surface area contributed by atoms with Gasteiger partial charge in [-0.1, -0.05) is 19.1 Å². The Labute approximate surface area is 113 Å². The van der Waals surface area contributed by atoms with Gasteiger partial charge in [-0.3, -0.25) is 4.68 Å². The number of aliphatic hydroxyl groups is 1. The number of aromatic nitrogens is 2. The summed E-state index contributed by atoms with van der Waals surface area (Å²) in [4.78, 5) is 0. The van der Waals surface area contributed by atoms with Crippen molar-refractivity contribution in [2.75, 3.05) is 0 Å². The maximum Gasteiger partial charge on any atom is 0.115 e. The van der Waals surface area contributed by atoms with E-state index < -0.39 is 5.60 Å². The molecule has 0 radical (unpaired) electrons. The number of hydrogen-bond acceptors (Lipinski definition) is 3. The molecule has 0 fully saturated rings. The first-order valence-electron chi connectivity index (χ1n) is 6.46. The fourth-order valence-corrected chi connectivity index (χ4v) is 2.18. The highest BCUT2D eigenvalue weighted by Crippen LogP contribution is 2.26. The van der Waals surface area contributed by atoms with E-state index in [2.05, 4.69) is 12.0 Å². The van der Waals surface area contributed by atoms with Crippen molar-refractivity contribution in [2.24, 2.45) is 7.05 Å². The van der Waals surface area contributed by atoms with Gasteiger partial charge in [-0.2, -0.15) is 5.10 Å². The predicted molar refractivity (Wildman–Crippen MR) is 74.0 cm³/mol. The smallest absolute Gasteiger partial charge is 0.115 e. The molecular formula is C15H20N2O2. The Morgan fingerprint density at radius 2 is 1.89 bits per heavy atom. The van der Waals surface area contributed by atoms with Gasteiger partial charge < -0.3 is 10.2 Å². The molecule has 0 saturated heterocycles. The molecular weight excluding hydrogens is 240 g/mol. The number of aromatic hydroxyl groups is 1.